The van der Waals surface area contributed by atoms with Gasteiger partial charge in [0.15, 0.2) is 11.5 Å². The smallest absolute Gasteiger partial charge is 0.227 e. The Morgan fingerprint density at radius 1 is 1.21 bits per heavy atom. The van der Waals surface area contributed by atoms with Crippen molar-refractivity contribution in [2.75, 3.05) is 14.2 Å². The van der Waals surface area contributed by atoms with Crippen molar-refractivity contribution in [3.8, 4) is 11.5 Å². The molecule has 0 aromatic heterocycles. The summed E-state index contributed by atoms with van der Waals surface area (Å²) in [6.45, 7) is 3.24. The van der Waals surface area contributed by atoms with Crippen LogP contribution >= 0.6 is 0 Å². The Labute approximate surface area is 112 Å². The summed E-state index contributed by atoms with van der Waals surface area (Å²) in [5.41, 5.74) is 0.884. The number of nitrogens with one attached hydrogen (secondary N) is 1. The number of methoxy groups -OCH3 is 2. The zero-order valence-corrected chi connectivity index (χ0v) is 11.6. The van der Waals surface area contributed by atoms with Gasteiger partial charge in [0.2, 0.25) is 5.91 Å². The monoisotopic (exact) mass is 265 g/mol. The lowest BCUT2D eigenvalue weighted by Gasteiger charge is -2.16. The quantitative estimate of drug-likeness (QED) is 0.797. The zero-order valence-electron chi connectivity index (χ0n) is 11.6. The summed E-state index contributed by atoms with van der Waals surface area (Å²) in [5, 5.41) is 2.76. The molecule has 0 heterocycles. The second kappa shape index (κ2) is 6.78. The van der Waals surface area contributed by atoms with Crippen LogP contribution in [0.2, 0.25) is 0 Å². The summed E-state index contributed by atoms with van der Waals surface area (Å²) in [6.07, 6.45) is -0.0996. The first-order valence-electron chi connectivity index (χ1n) is 5.98. The molecule has 1 aromatic carbocycles. The molecule has 0 bridgehead atoms. The third-order valence-corrected chi connectivity index (χ3v) is 2.69. The minimum absolute atomic E-state index is 0.0996. The highest BCUT2D eigenvalue weighted by Crippen LogP contribution is 2.29. The Bertz CT molecular complexity index is 471. The van der Waals surface area contributed by atoms with Gasteiger partial charge < -0.3 is 14.8 Å². The molecule has 0 fully saturated rings. The minimum Gasteiger partial charge on any atom is -0.493 e. The molecule has 1 N–H and O–H groups in total. The molecular weight excluding hydrogens is 246 g/mol. The lowest BCUT2D eigenvalue weighted by Crippen LogP contribution is -2.27. The fourth-order valence-corrected chi connectivity index (χ4v) is 1.72. The SMILES string of the molecule is COc1ccc(C(C)NC(=O)CC(C)=O)cc1OC. The predicted octanol–water partition coefficient (Wildman–Crippen LogP) is 1.86. The third-order valence-electron chi connectivity index (χ3n) is 2.69. The van der Waals surface area contributed by atoms with Crippen molar-refractivity contribution in [2.45, 2.75) is 26.3 Å². The summed E-state index contributed by atoms with van der Waals surface area (Å²) >= 11 is 0. The lowest BCUT2D eigenvalue weighted by atomic mass is 10.1. The predicted molar refractivity (Wildman–Crippen MR) is 71.4 cm³/mol. The van der Waals surface area contributed by atoms with E-state index in [1.807, 2.05) is 13.0 Å². The Hall–Kier alpha value is -2.04. The van der Waals surface area contributed by atoms with Crippen LogP contribution in [0.1, 0.15) is 31.9 Å². The molecule has 1 atom stereocenters. The Balaban J connectivity index is 2.79. The van der Waals surface area contributed by atoms with Crippen LogP contribution in [-0.4, -0.2) is 25.9 Å². The van der Waals surface area contributed by atoms with Crippen LogP contribution in [0.25, 0.3) is 0 Å². The molecule has 1 aromatic rings. The van der Waals surface area contributed by atoms with Crippen LogP contribution in [0.5, 0.6) is 11.5 Å². The van der Waals surface area contributed by atoms with Gasteiger partial charge in [-0.1, -0.05) is 6.07 Å². The van der Waals surface area contributed by atoms with Gasteiger partial charge in [0.1, 0.15) is 5.78 Å². The van der Waals surface area contributed by atoms with Crippen molar-refractivity contribution in [2.24, 2.45) is 0 Å². The Kier molecular flexibility index (Phi) is 5.36. The standard InChI is InChI=1S/C14H19NO4/c1-9(16)7-14(17)15-10(2)11-5-6-12(18-3)13(8-11)19-4/h5-6,8,10H,7H2,1-4H3,(H,15,17). The number of ether oxygens (including phenoxy) is 2. The van der Waals surface area contributed by atoms with E-state index in [2.05, 4.69) is 5.32 Å². The van der Waals surface area contributed by atoms with Crippen molar-refractivity contribution in [1.29, 1.82) is 0 Å². The molecule has 0 radical (unpaired) electrons. The van der Waals surface area contributed by atoms with Gasteiger partial charge in [0.05, 0.1) is 26.7 Å². The zero-order chi connectivity index (χ0) is 14.4. The van der Waals surface area contributed by atoms with E-state index >= 15 is 0 Å². The number of hydrogen-bond acceptors (Lipinski definition) is 4. The second-order valence-corrected chi connectivity index (χ2v) is 4.28. The van der Waals surface area contributed by atoms with Crippen molar-refractivity contribution in [1.82, 2.24) is 5.32 Å². The molecule has 1 rings (SSSR count). The van der Waals surface area contributed by atoms with Crippen LogP contribution in [0.15, 0.2) is 18.2 Å². The van der Waals surface area contributed by atoms with E-state index in [4.69, 9.17) is 9.47 Å². The first kappa shape index (κ1) is 15.0. The number of hydrogen-bond donors (Lipinski definition) is 1. The maximum Gasteiger partial charge on any atom is 0.227 e. The highest BCUT2D eigenvalue weighted by Gasteiger charge is 2.13. The number of carbonyl (C=O) groups excluding carboxylic acids is 2. The summed E-state index contributed by atoms with van der Waals surface area (Å²) in [7, 11) is 3.12. The molecule has 0 spiro atoms. The molecule has 0 saturated carbocycles. The third kappa shape index (κ3) is 4.28. The first-order chi connectivity index (χ1) is 8.97. The van der Waals surface area contributed by atoms with E-state index in [9.17, 15) is 9.59 Å². The molecule has 104 valence electrons. The largest absolute Gasteiger partial charge is 0.493 e. The van der Waals surface area contributed by atoms with Crippen molar-refractivity contribution >= 4 is 11.7 Å². The second-order valence-electron chi connectivity index (χ2n) is 4.28. The van der Waals surface area contributed by atoms with Gasteiger partial charge in [0, 0.05) is 0 Å². The van der Waals surface area contributed by atoms with Gasteiger partial charge in [-0.3, -0.25) is 9.59 Å². The molecule has 5 nitrogen and oxygen atoms in total. The Morgan fingerprint density at radius 3 is 2.37 bits per heavy atom. The van der Waals surface area contributed by atoms with Gasteiger partial charge >= 0.3 is 0 Å². The minimum atomic E-state index is -0.283. The molecule has 0 aliphatic carbocycles. The number of Topliss-reactive ketones (excluding diaryl/α,β-unsaturated/α-hetero) is 1. The molecule has 1 amide bonds. The van der Waals surface area contributed by atoms with E-state index in [1.165, 1.54) is 6.92 Å². The average Bonchev–Trinajstić information content (AvgIpc) is 2.36. The topological polar surface area (TPSA) is 64.6 Å². The molecular formula is C14H19NO4. The average molecular weight is 265 g/mol. The maximum absolute atomic E-state index is 11.5. The summed E-state index contributed by atoms with van der Waals surface area (Å²) < 4.78 is 10.4. The van der Waals surface area contributed by atoms with E-state index in [0.29, 0.717) is 11.5 Å². The summed E-state index contributed by atoms with van der Waals surface area (Å²) in [5.74, 6) is 0.799. The first-order valence-corrected chi connectivity index (χ1v) is 5.98. The number of ketones is 1. The van der Waals surface area contributed by atoms with Gasteiger partial charge in [-0.2, -0.15) is 0 Å². The molecule has 0 saturated heterocycles. The van der Waals surface area contributed by atoms with Crippen molar-refractivity contribution < 1.29 is 19.1 Å². The summed E-state index contributed by atoms with van der Waals surface area (Å²) in [4.78, 5) is 22.4. The lowest BCUT2D eigenvalue weighted by molar-refractivity contribution is -0.127. The normalized spacial score (nSPS) is 11.6. The van der Waals surface area contributed by atoms with Crippen LogP contribution in [0.4, 0.5) is 0 Å². The van der Waals surface area contributed by atoms with Crippen LogP contribution in [-0.2, 0) is 9.59 Å². The molecule has 1 unspecified atom stereocenters. The molecule has 0 aliphatic heterocycles. The van der Waals surface area contributed by atoms with Gasteiger partial charge in [0.25, 0.3) is 0 Å². The van der Waals surface area contributed by atoms with Gasteiger partial charge in [-0.25, -0.2) is 0 Å². The maximum atomic E-state index is 11.5. The van der Waals surface area contributed by atoms with E-state index in [0.717, 1.165) is 5.56 Å². The molecule has 19 heavy (non-hydrogen) atoms. The highest BCUT2D eigenvalue weighted by atomic mass is 16.5. The van der Waals surface area contributed by atoms with Crippen molar-refractivity contribution in [3.05, 3.63) is 23.8 Å². The van der Waals surface area contributed by atoms with Crippen LogP contribution in [0.3, 0.4) is 0 Å². The van der Waals surface area contributed by atoms with E-state index in [-0.39, 0.29) is 24.2 Å². The van der Waals surface area contributed by atoms with Gasteiger partial charge in [-0.15, -0.1) is 0 Å². The van der Waals surface area contributed by atoms with E-state index < -0.39 is 0 Å². The van der Waals surface area contributed by atoms with Crippen LogP contribution < -0.4 is 14.8 Å². The number of carbonyl (C=O) groups is 2. The van der Waals surface area contributed by atoms with Gasteiger partial charge in [-0.05, 0) is 31.5 Å². The van der Waals surface area contributed by atoms with Crippen LogP contribution in [0, 0.1) is 0 Å². The number of amides is 1. The molecule has 5 heteroatoms. The van der Waals surface area contributed by atoms with Crippen molar-refractivity contribution in [3.63, 3.8) is 0 Å². The summed E-state index contributed by atoms with van der Waals surface area (Å²) in [6, 6.07) is 5.23. The molecule has 0 aliphatic rings. The fourth-order valence-electron chi connectivity index (χ4n) is 1.72. The highest BCUT2D eigenvalue weighted by molar-refractivity contribution is 5.96. The fraction of sp³-hybridized carbons (Fsp3) is 0.429. The number of rotatable bonds is 6. The Morgan fingerprint density at radius 2 is 1.84 bits per heavy atom. The number of benzene rings is 1. The van der Waals surface area contributed by atoms with E-state index in [1.54, 1.807) is 26.4 Å².